The highest BCUT2D eigenvalue weighted by Gasteiger charge is 2.29. The number of hydrogen-bond acceptors (Lipinski definition) is 5. The van der Waals surface area contributed by atoms with Crippen LogP contribution in [0.25, 0.3) is 0 Å². The van der Waals surface area contributed by atoms with Gasteiger partial charge in [0, 0.05) is 12.1 Å². The number of hydrogen-bond donors (Lipinski definition) is 2. The third-order valence-corrected chi connectivity index (χ3v) is 5.38. The summed E-state index contributed by atoms with van der Waals surface area (Å²) < 4.78 is 52.7. The predicted octanol–water partition coefficient (Wildman–Crippen LogP) is 3.62. The van der Waals surface area contributed by atoms with Gasteiger partial charge in [-0.1, -0.05) is 29.5 Å². The van der Waals surface area contributed by atoms with Gasteiger partial charge < -0.3 is 5.32 Å². The number of carbonyl (C=O) groups is 1. The lowest BCUT2D eigenvalue weighted by molar-refractivity contribution is -0.137. The van der Waals surface area contributed by atoms with Crippen molar-refractivity contribution < 1.29 is 22.2 Å². The van der Waals surface area contributed by atoms with E-state index in [2.05, 4.69) is 20.2 Å². The fourth-order valence-corrected chi connectivity index (χ4v) is 3.67. The summed E-state index contributed by atoms with van der Waals surface area (Å²) in [6.45, 7) is 0.0628. The highest BCUT2D eigenvalue weighted by atomic mass is 32.2. The SMILES string of the molecule is O=C(NCc1ccc(C(F)(F)F)cc1)c1cccc(S(=O)Nc2nncs2)c1. The van der Waals surface area contributed by atoms with E-state index in [1.807, 2.05) is 0 Å². The molecule has 3 aromatic rings. The third-order valence-electron chi connectivity index (χ3n) is 3.58. The van der Waals surface area contributed by atoms with E-state index in [4.69, 9.17) is 0 Å². The van der Waals surface area contributed by atoms with Crippen molar-refractivity contribution in [3.05, 3.63) is 70.7 Å². The van der Waals surface area contributed by atoms with E-state index in [-0.39, 0.29) is 12.1 Å². The van der Waals surface area contributed by atoms with Crippen LogP contribution in [0.2, 0.25) is 0 Å². The van der Waals surface area contributed by atoms with Crippen molar-refractivity contribution in [3.63, 3.8) is 0 Å². The Labute approximate surface area is 164 Å². The molecule has 0 bridgehead atoms. The van der Waals surface area contributed by atoms with E-state index in [0.717, 1.165) is 12.1 Å². The largest absolute Gasteiger partial charge is 0.416 e. The summed E-state index contributed by atoms with van der Waals surface area (Å²) in [6.07, 6.45) is -4.40. The van der Waals surface area contributed by atoms with Crippen molar-refractivity contribution in [2.24, 2.45) is 0 Å². The molecule has 1 unspecified atom stereocenters. The smallest absolute Gasteiger partial charge is 0.348 e. The average Bonchev–Trinajstić information content (AvgIpc) is 3.19. The van der Waals surface area contributed by atoms with Crippen LogP contribution < -0.4 is 10.0 Å². The number of nitrogens with zero attached hydrogens (tertiary/aromatic N) is 2. The van der Waals surface area contributed by atoms with Gasteiger partial charge in [-0.15, -0.1) is 10.2 Å². The minimum absolute atomic E-state index is 0.0628. The molecule has 1 aromatic heterocycles. The monoisotopic (exact) mass is 426 g/mol. The molecule has 1 heterocycles. The fraction of sp³-hybridized carbons (Fsp3) is 0.118. The molecule has 0 spiro atoms. The maximum absolute atomic E-state index is 12.6. The van der Waals surface area contributed by atoms with Crippen molar-refractivity contribution in [1.29, 1.82) is 0 Å². The maximum atomic E-state index is 12.6. The minimum Gasteiger partial charge on any atom is -0.348 e. The first-order valence-corrected chi connectivity index (χ1v) is 9.85. The Morgan fingerprint density at radius 1 is 1.14 bits per heavy atom. The van der Waals surface area contributed by atoms with E-state index in [1.54, 1.807) is 18.2 Å². The second-order valence-corrected chi connectivity index (χ2v) is 7.57. The number of alkyl halides is 3. The Balaban J connectivity index is 1.62. The van der Waals surface area contributed by atoms with Crippen LogP contribution in [0.15, 0.2) is 58.9 Å². The summed E-state index contributed by atoms with van der Waals surface area (Å²) >= 11 is 1.19. The number of nitrogens with one attached hydrogen (secondary N) is 2. The highest BCUT2D eigenvalue weighted by molar-refractivity contribution is 7.86. The summed E-state index contributed by atoms with van der Waals surface area (Å²) in [7, 11) is -1.62. The number of carbonyl (C=O) groups excluding carboxylic acids is 1. The number of benzene rings is 2. The molecule has 0 radical (unpaired) electrons. The molecule has 2 N–H and O–H groups in total. The number of anilines is 1. The molecular weight excluding hydrogens is 413 g/mol. The molecule has 11 heteroatoms. The zero-order valence-electron chi connectivity index (χ0n) is 14.1. The summed E-state index contributed by atoms with van der Waals surface area (Å²) in [6, 6.07) is 10.7. The predicted molar refractivity (Wildman–Crippen MR) is 99.0 cm³/mol. The molecule has 1 atom stereocenters. The lowest BCUT2D eigenvalue weighted by Gasteiger charge is -2.09. The van der Waals surface area contributed by atoms with Crippen LogP contribution in [-0.2, 0) is 23.7 Å². The fourth-order valence-electron chi connectivity index (χ4n) is 2.20. The molecule has 0 fully saturated rings. The van der Waals surface area contributed by atoms with Crippen LogP contribution >= 0.6 is 11.3 Å². The topological polar surface area (TPSA) is 84.0 Å². The molecule has 0 aliphatic rings. The van der Waals surface area contributed by atoms with Gasteiger partial charge in [0.15, 0.2) is 11.0 Å². The van der Waals surface area contributed by atoms with E-state index in [9.17, 15) is 22.2 Å². The van der Waals surface area contributed by atoms with Gasteiger partial charge in [0.1, 0.15) is 5.51 Å². The second kappa shape index (κ2) is 8.48. The molecular formula is C17H13F3N4O2S2. The van der Waals surface area contributed by atoms with Crippen LogP contribution in [0.4, 0.5) is 18.3 Å². The van der Waals surface area contributed by atoms with Gasteiger partial charge in [-0.2, -0.15) is 13.2 Å². The maximum Gasteiger partial charge on any atom is 0.416 e. The Kier molecular flexibility index (Phi) is 6.05. The van der Waals surface area contributed by atoms with Crippen molar-refractivity contribution >= 4 is 33.4 Å². The van der Waals surface area contributed by atoms with Crippen LogP contribution in [0.5, 0.6) is 0 Å². The molecule has 1 amide bonds. The average molecular weight is 426 g/mol. The van der Waals surface area contributed by atoms with Gasteiger partial charge in [0.05, 0.1) is 10.5 Å². The van der Waals surface area contributed by atoms with Crippen molar-refractivity contribution in [3.8, 4) is 0 Å². The summed E-state index contributed by atoms with van der Waals surface area (Å²) in [5.74, 6) is -0.435. The normalized spacial score (nSPS) is 12.4. The second-order valence-electron chi connectivity index (χ2n) is 5.52. The van der Waals surface area contributed by atoms with Crippen molar-refractivity contribution in [2.75, 3.05) is 4.72 Å². The zero-order chi connectivity index (χ0) is 20.1. The quantitative estimate of drug-likeness (QED) is 0.631. The van der Waals surface area contributed by atoms with Gasteiger partial charge in [0.25, 0.3) is 5.91 Å². The zero-order valence-corrected chi connectivity index (χ0v) is 15.7. The van der Waals surface area contributed by atoms with Gasteiger partial charge in [-0.05, 0) is 35.9 Å². The summed E-state index contributed by atoms with van der Waals surface area (Å²) in [4.78, 5) is 12.7. The first kappa shape index (κ1) is 20.0. The Morgan fingerprint density at radius 2 is 1.89 bits per heavy atom. The number of halogens is 3. The lowest BCUT2D eigenvalue weighted by atomic mass is 10.1. The molecule has 0 saturated carbocycles. The van der Waals surface area contributed by atoms with Gasteiger partial charge >= 0.3 is 6.18 Å². The van der Waals surface area contributed by atoms with E-state index in [0.29, 0.717) is 15.6 Å². The molecule has 3 rings (SSSR count). The number of rotatable bonds is 6. The molecule has 146 valence electrons. The summed E-state index contributed by atoms with van der Waals surface area (Å²) in [5.41, 5.74) is 1.54. The molecule has 2 aromatic carbocycles. The number of aromatic nitrogens is 2. The lowest BCUT2D eigenvalue weighted by Crippen LogP contribution is -2.23. The summed E-state index contributed by atoms with van der Waals surface area (Å²) in [5, 5.41) is 10.4. The molecule has 0 aliphatic heterocycles. The van der Waals surface area contributed by atoms with Crippen LogP contribution in [-0.4, -0.2) is 20.3 Å². The van der Waals surface area contributed by atoms with Crippen LogP contribution in [0.1, 0.15) is 21.5 Å². The minimum atomic E-state index is -4.40. The van der Waals surface area contributed by atoms with Gasteiger partial charge in [-0.25, -0.2) is 4.21 Å². The molecule has 0 saturated heterocycles. The van der Waals surface area contributed by atoms with Gasteiger partial charge in [-0.3, -0.25) is 9.52 Å². The Morgan fingerprint density at radius 3 is 2.54 bits per heavy atom. The highest BCUT2D eigenvalue weighted by Crippen LogP contribution is 2.29. The Hall–Kier alpha value is -2.79. The number of amides is 1. The van der Waals surface area contributed by atoms with Crippen LogP contribution in [0, 0.1) is 0 Å². The third kappa shape index (κ3) is 5.14. The van der Waals surface area contributed by atoms with Crippen LogP contribution in [0.3, 0.4) is 0 Å². The molecule has 0 aliphatic carbocycles. The van der Waals surface area contributed by atoms with E-state index in [1.165, 1.54) is 35.0 Å². The van der Waals surface area contributed by atoms with Crippen molar-refractivity contribution in [1.82, 2.24) is 15.5 Å². The van der Waals surface area contributed by atoms with Crippen molar-refractivity contribution in [2.45, 2.75) is 17.6 Å². The Bertz CT molecular complexity index is 977. The first-order valence-electron chi connectivity index (χ1n) is 7.82. The molecule has 6 nitrogen and oxygen atoms in total. The van der Waals surface area contributed by atoms with E-state index < -0.39 is 28.6 Å². The standard InChI is InChI=1S/C17H13F3N4O2S2/c18-17(19,20)13-6-4-11(5-7-13)9-21-15(25)12-2-1-3-14(8-12)28(26)24-16-23-22-10-27-16/h1-8,10H,9H2,(H,21,25)(H,23,24). The first-order chi connectivity index (χ1) is 13.3. The molecule has 28 heavy (non-hydrogen) atoms. The van der Waals surface area contributed by atoms with Gasteiger partial charge in [0.2, 0.25) is 5.13 Å². The van der Waals surface area contributed by atoms with E-state index >= 15 is 0 Å².